The van der Waals surface area contributed by atoms with Gasteiger partial charge >= 0.3 is 6.09 Å². The molecule has 0 radical (unpaired) electrons. The average molecular weight is 133 g/mol. The van der Waals surface area contributed by atoms with Gasteiger partial charge in [0.05, 0.1) is 6.54 Å². The summed E-state index contributed by atoms with van der Waals surface area (Å²) in [5.74, 6) is 0. The lowest BCUT2D eigenvalue weighted by Crippen LogP contribution is -2.26. The Morgan fingerprint density at radius 1 is 1.78 bits per heavy atom. The Morgan fingerprint density at radius 2 is 2.44 bits per heavy atom. The maximum absolute atomic E-state index is 10.0. The summed E-state index contributed by atoms with van der Waals surface area (Å²) in [6, 6.07) is 0. The number of rotatable bonds is 0. The van der Waals surface area contributed by atoms with Crippen molar-refractivity contribution in [1.29, 1.82) is 0 Å². The summed E-state index contributed by atoms with van der Waals surface area (Å²) >= 11 is 0. The second-order valence-electron chi connectivity index (χ2n) is 1.79. The van der Waals surface area contributed by atoms with Gasteiger partial charge in [-0.1, -0.05) is 0 Å². The van der Waals surface area contributed by atoms with Crippen LogP contribution < -0.4 is 0 Å². The van der Waals surface area contributed by atoms with E-state index in [1.54, 1.807) is 0 Å². The van der Waals surface area contributed by atoms with Gasteiger partial charge in [0.2, 0.25) is 0 Å². The van der Waals surface area contributed by atoms with Crippen LogP contribution >= 0.6 is 0 Å². The third-order valence-corrected chi connectivity index (χ3v) is 1.01. The highest BCUT2D eigenvalue weighted by atomic mass is 16.7. The van der Waals surface area contributed by atoms with E-state index in [9.17, 15) is 4.79 Å². The standard InChI is InChI=1S/C4H7NO4/c6-3-1-5(4(7)8)9-2-3/h3,6H,1-2H2,(H,7,8)/t3-/m0/s1. The summed E-state index contributed by atoms with van der Waals surface area (Å²) in [6.45, 7) is 0.127. The van der Waals surface area contributed by atoms with E-state index < -0.39 is 12.2 Å². The molecule has 5 heteroatoms. The lowest BCUT2D eigenvalue weighted by Gasteiger charge is -2.06. The quantitative estimate of drug-likeness (QED) is 0.457. The van der Waals surface area contributed by atoms with E-state index >= 15 is 0 Å². The van der Waals surface area contributed by atoms with Crippen molar-refractivity contribution in [2.75, 3.05) is 13.2 Å². The number of carbonyl (C=O) groups is 1. The van der Waals surface area contributed by atoms with Crippen molar-refractivity contribution in [3.8, 4) is 0 Å². The Bertz CT molecular complexity index is 126. The van der Waals surface area contributed by atoms with Gasteiger partial charge in [0, 0.05) is 0 Å². The van der Waals surface area contributed by atoms with Crippen molar-refractivity contribution in [2.45, 2.75) is 6.10 Å². The lowest BCUT2D eigenvalue weighted by atomic mass is 10.4. The molecule has 0 spiro atoms. The van der Waals surface area contributed by atoms with Crippen molar-refractivity contribution in [3.63, 3.8) is 0 Å². The van der Waals surface area contributed by atoms with Crippen LogP contribution in [0.1, 0.15) is 0 Å². The molecule has 1 saturated heterocycles. The second kappa shape index (κ2) is 2.20. The average Bonchev–Trinajstić information content (AvgIpc) is 2.14. The molecule has 1 amide bonds. The molecule has 9 heavy (non-hydrogen) atoms. The number of amides is 1. The van der Waals surface area contributed by atoms with Gasteiger partial charge in [-0.05, 0) is 0 Å². The van der Waals surface area contributed by atoms with Crippen LogP contribution in [0.15, 0.2) is 0 Å². The number of hydrogen-bond acceptors (Lipinski definition) is 3. The Hall–Kier alpha value is -0.810. The van der Waals surface area contributed by atoms with Gasteiger partial charge in [0.15, 0.2) is 0 Å². The number of hydrogen-bond donors (Lipinski definition) is 2. The fourth-order valence-corrected chi connectivity index (χ4v) is 0.606. The van der Waals surface area contributed by atoms with Crippen LogP contribution in [0.25, 0.3) is 0 Å². The van der Waals surface area contributed by atoms with Gasteiger partial charge in [-0.25, -0.2) is 4.79 Å². The van der Waals surface area contributed by atoms with Crippen molar-refractivity contribution in [1.82, 2.24) is 5.06 Å². The van der Waals surface area contributed by atoms with E-state index in [0.29, 0.717) is 5.06 Å². The maximum atomic E-state index is 10.0. The van der Waals surface area contributed by atoms with Crippen molar-refractivity contribution >= 4 is 6.09 Å². The Labute approximate surface area is 51.4 Å². The maximum Gasteiger partial charge on any atom is 0.431 e. The molecule has 0 aromatic rings. The smallest absolute Gasteiger partial charge is 0.431 e. The molecule has 1 heterocycles. The van der Waals surface area contributed by atoms with E-state index in [4.69, 9.17) is 10.2 Å². The Morgan fingerprint density at radius 3 is 2.67 bits per heavy atom. The lowest BCUT2D eigenvalue weighted by molar-refractivity contribution is -0.0840. The highest BCUT2D eigenvalue weighted by Gasteiger charge is 2.25. The van der Waals surface area contributed by atoms with Gasteiger partial charge in [0.25, 0.3) is 0 Å². The van der Waals surface area contributed by atoms with Crippen LogP contribution in [-0.4, -0.2) is 40.6 Å². The van der Waals surface area contributed by atoms with Crippen LogP contribution in [0.4, 0.5) is 4.79 Å². The zero-order chi connectivity index (χ0) is 6.85. The van der Waals surface area contributed by atoms with Crippen molar-refractivity contribution < 1.29 is 19.8 Å². The molecule has 0 aromatic carbocycles. The zero-order valence-corrected chi connectivity index (χ0v) is 4.65. The molecule has 1 atom stereocenters. The number of β-amino-alcohol motifs (C(OH)–C–C–N with tert-alkyl or cyclic N) is 1. The van der Waals surface area contributed by atoms with E-state index in [-0.39, 0.29) is 13.2 Å². The molecule has 1 aliphatic rings. The number of nitrogens with zero attached hydrogens (tertiary/aromatic N) is 1. The van der Waals surface area contributed by atoms with Crippen LogP contribution in [0, 0.1) is 0 Å². The zero-order valence-electron chi connectivity index (χ0n) is 4.65. The molecule has 52 valence electrons. The number of aliphatic hydroxyl groups is 1. The van der Waals surface area contributed by atoms with Crippen LogP contribution in [0.2, 0.25) is 0 Å². The minimum Gasteiger partial charge on any atom is -0.463 e. The van der Waals surface area contributed by atoms with E-state index in [2.05, 4.69) is 4.84 Å². The molecule has 0 saturated carbocycles. The predicted octanol–water partition coefficient (Wildman–Crippen LogP) is -0.727. The van der Waals surface area contributed by atoms with Crippen molar-refractivity contribution in [2.24, 2.45) is 0 Å². The molecule has 2 N–H and O–H groups in total. The predicted molar refractivity (Wildman–Crippen MR) is 26.7 cm³/mol. The first-order valence-electron chi connectivity index (χ1n) is 2.51. The summed E-state index contributed by atoms with van der Waals surface area (Å²) in [7, 11) is 0. The topological polar surface area (TPSA) is 70.0 Å². The Balaban J connectivity index is 2.39. The molecule has 1 fully saturated rings. The minimum atomic E-state index is -1.16. The summed E-state index contributed by atoms with van der Waals surface area (Å²) < 4.78 is 0. The first-order chi connectivity index (χ1) is 4.20. The summed E-state index contributed by atoms with van der Waals surface area (Å²) in [6.07, 6.45) is -1.83. The molecule has 0 aromatic heterocycles. The summed E-state index contributed by atoms with van der Waals surface area (Å²) in [5, 5.41) is 17.7. The third-order valence-electron chi connectivity index (χ3n) is 1.01. The molecular formula is C4H7NO4. The first-order valence-corrected chi connectivity index (χ1v) is 2.51. The van der Waals surface area contributed by atoms with E-state index in [0.717, 1.165) is 0 Å². The van der Waals surface area contributed by atoms with Crippen LogP contribution in [0.3, 0.4) is 0 Å². The Kier molecular flexibility index (Phi) is 1.54. The van der Waals surface area contributed by atoms with Gasteiger partial charge in [-0.3, -0.25) is 4.84 Å². The number of carboxylic acid groups (broad SMARTS) is 1. The molecular weight excluding hydrogens is 126 g/mol. The van der Waals surface area contributed by atoms with Crippen molar-refractivity contribution in [3.05, 3.63) is 0 Å². The largest absolute Gasteiger partial charge is 0.463 e. The molecule has 1 rings (SSSR count). The first kappa shape index (κ1) is 6.31. The van der Waals surface area contributed by atoms with Gasteiger partial charge in [-0.2, -0.15) is 5.06 Å². The van der Waals surface area contributed by atoms with Gasteiger partial charge < -0.3 is 10.2 Å². The minimum absolute atomic E-state index is 0.0509. The van der Waals surface area contributed by atoms with Gasteiger partial charge in [-0.15, -0.1) is 0 Å². The molecule has 0 bridgehead atoms. The highest BCUT2D eigenvalue weighted by Crippen LogP contribution is 2.04. The molecule has 0 aliphatic carbocycles. The molecule has 0 unspecified atom stereocenters. The second-order valence-corrected chi connectivity index (χ2v) is 1.79. The normalized spacial score (nSPS) is 26.8. The number of aliphatic hydroxyl groups excluding tert-OH is 1. The molecule has 1 aliphatic heterocycles. The SMILES string of the molecule is O=C(O)N1C[C@H](O)CO1. The van der Waals surface area contributed by atoms with E-state index in [1.165, 1.54) is 0 Å². The summed E-state index contributed by atoms with van der Waals surface area (Å²) in [4.78, 5) is 14.5. The van der Waals surface area contributed by atoms with Gasteiger partial charge in [0.1, 0.15) is 12.7 Å². The van der Waals surface area contributed by atoms with E-state index in [1.807, 2.05) is 0 Å². The fraction of sp³-hybridized carbons (Fsp3) is 0.750. The monoisotopic (exact) mass is 133 g/mol. The van der Waals surface area contributed by atoms with Crippen LogP contribution in [0.5, 0.6) is 0 Å². The summed E-state index contributed by atoms with van der Waals surface area (Å²) in [5.41, 5.74) is 0. The van der Waals surface area contributed by atoms with Crippen LogP contribution in [-0.2, 0) is 4.84 Å². The highest BCUT2D eigenvalue weighted by molar-refractivity contribution is 5.63. The fourth-order valence-electron chi connectivity index (χ4n) is 0.606. The third kappa shape index (κ3) is 1.30. The number of hydroxylamine groups is 2. The molecule has 5 nitrogen and oxygen atoms in total.